The fraction of sp³-hybridized carbons (Fsp3) is 0.538. The van der Waals surface area contributed by atoms with E-state index in [4.69, 9.17) is 4.74 Å². The predicted octanol–water partition coefficient (Wildman–Crippen LogP) is 1.52. The predicted molar refractivity (Wildman–Crippen MR) is 81.0 cm³/mol. The van der Waals surface area contributed by atoms with Gasteiger partial charge in [0.15, 0.2) is 5.65 Å². The van der Waals surface area contributed by atoms with Crippen LogP contribution in [-0.4, -0.2) is 45.9 Å². The molecule has 2 aromatic rings. The van der Waals surface area contributed by atoms with E-state index in [1.54, 1.807) is 4.68 Å². The van der Waals surface area contributed by atoms with Crippen molar-refractivity contribution in [1.82, 2.24) is 19.7 Å². The van der Waals surface area contributed by atoms with Crippen LogP contribution in [0.2, 0.25) is 0 Å². The van der Waals surface area contributed by atoms with Crippen molar-refractivity contribution < 1.29 is 9.53 Å². The molecule has 0 radical (unpaired) electrons. The lowest BCUT2D eigenvalue weighted by Crippen LogP contribution is -2.33. The van der Waals surface area contributed by atoms with E-state index in [1.165, 1.54) is 13.4 Å². The summed E-state index contributed by atoms with van der Waals surface area (Å²) in [7, 11) is 3.27. The molecule has 112 valence electrons. The number of nitrogens with zero attached hydrogens (tertiary/aromatic N) is 5. The molecule has 1 aliphatic rings. The zero-order valence-electron chi connectivity index (χ0n) is 12.1. The van der Waals surface area contributed by atoms with E-state index in [0.717, 1.165) is 29.8 Å². The minimum absolute atomic E-state index is 0.180. The van der Waals surface area contributed by atoms with Crippen molar-refractivity contribution in [3.8, 4) is 0 Å². The molecular formula is C13H16BrN5O2. The molecule has 1 unspecified atom stereocenters. The third-order valence-corrected chi connectivity index (χ3v) is 4.56. The molecule has 0 spiro atoms. The summed E-state index contributed by atoms with van der Waals surface area (Å²) in [6.45, 7) is 3.25. The number of hydrogen-bond donors (Lipinski definition) is 0. The highest BCUT2D eigenvalue weighted by Gasteiger charge is 2.42. The number of methoxy groups -OCH3 is 1. The van der Waals surface area contributed by atoms with Crippen LogP contribution in [0.15, 0.2) is 10.9 Å². The van der Waals surface area contributed by atoms with Gasteiger partial charge in [-0.15, -0.1) is 0 Å². The van der Waals surface area contributed by atoms with Crippen molar-refractivity contribution in [3.05, 3.63) is 10.9 Å². The van der Waals surface area contributed by atoms with Gasteiger partial charge in [0.2, 0.25) is 0 Å². The summed E-state index contributed by atoms with van der Waals surface area (Å²) in [6, 6.07) is 0. The standard InChI is InChI=1S/C13H16BrN5O2/c1-13(12(20)21-3)4-5-19(6-13)11-8-9(14)17-18(2)10(8)15-7-16-11/h7H,4-6H2,1-3H3. The van der Waals surface area contributed by atoms with Gasteiger partial charge in [0.05, 0.1) is 17.9 Å². The normalized spacial score (nSPS) is 22.0. The third kappa shape index (κ3) is 2.17. The average Bonchev–Trinajstić information content (AvgIpc) is 3.01. The molecule has 8 heteroatoms. The molecule has 0 aliphatic carbocycles. The molecule has 0 bridgehead atoms. The minimum atomic E-state index is -0.499. The van der Waals surface area contributed by atoms with E-state index in [2.05, 4.69) is 35.9 Å². The lowest BCUT2D eigenvalue weighted by molar-refractivity contribution is -0.150. The molecule has 0 N–H and O–H groups in total. The summed E-state index contributed by atoms with van der Waals surface area (Å²) < 4.78 is 7.33. The second kappa shape index (κ2) is 4.94. The third-order valence-electron chi connectivity index (χ3n) is 4.01. The molecule has 21 heavy (non-hydrogen) atoms. The fourth-order valence-electron chi connectivity index (χ4n) is 2.82. The first-order valence-corrected chi connectivity index (χ1v) is 7.42. The molecule has 1 aliphatic heterocycles. The van der Waals surface area contributed by atoms with Crippen molar-refractivity contribution in [3.63, 3.8) is 0 Å². The summed E-state index contributed by atoms with van der Waals surface area (Å²) in [4.78, 5) is 22.7. The smallest absolute Gasteiger partial charge is 0.313 e. The highest BCUT2D eigenvalue weighted by Crippen LogP contribution is 2.37. The lowest BCUT2D eigenvalue weighted by Gasteiger charge is -2.22. The van der Waals surface area contributed by atoms with Gasteiger partial charge < -0.3 is 9.64 Å². The van der Waals surface area contributed by atoms with E-state index in [0.29, 0.717) is 11.1 Å². The number of anilines is 1. The monoisotopic (exact) mass is 353 g/mol. The van der Waals surface area contributed by atoms with Gasteiger partial charge >= 0.3 is 5.97 Å². The molecule has 0 aromatic carbocycles. The number of carbonyl (C=O) groups is 1. The molecular weight excluding hydrogens is 338 g/mol. The number of esters is 1. The van der Waals surface area contributed by atoms with Gasteiger partial charge in [0.25, 0.3) is 0 Å². The van der Waals surface area contributed by atoms with E-state index < -0.39 is 5.41 Å². The topological polar surface area (TPSA) is 73.1 Å². The number of ether oxygens (including phenoxy) is 1. The molecule has 2 aromatic heterocycles. The van der Waals surface area contributed by atoms with E-state index in [1.807, 2.05) is 14.0 Å². The van der Waals surface area contributed by atoms with Crippen molar-refractivity contribution >= 4 is 38.8 Å². The molecule has 0 saturated carbocycles. The molecule has 1 saturated heterocycles. The Balaban J connectivity index is 2.01. The van der Waals surface area contributed by atoms with Crippen molar-refractivity contribution in [2.45, 2.75) is 13.3 Å². The van der Waals surface area contributed by atoms with Crippen LogP contribution in [-0.2, 0) is 16.6 Å². The van der Waals surface area contributed by atoms with Crippen LogP contribution < -0.4 is 4.90 Å². The molecule has 1 fully saturated rings. The van der Waals surface area contributed by atoms with Gasteiger partial charge in [-0.1, -0.05) is 0 Å². The summed E-state index contributed by atoms with van der Waals surface area (Å²) in [5, 5.41) is 5.19. The van der Waals surface area contributed by atoms with Gasteiger partial charge in [-0.2, -0.15) is 5.10 Å². The van der Waals surface area contributed by atoms with Crippen molar-refractivity contribution in [2.75, 3.05) is 25.1 Å². The van der Waals surface area contributed by atoms with E-state index >= 15 is 0 Å². The largest absolute Gasteiger partial charge is 0.469 e. The zero-order chi connectivity index (χ0) is 15.2. The second-order valence-corrected chi connectivity index (χ2v) is 6.29. The van der Waals surface area contributed by atoms with E-state index in [9.17, 15) is 4.79 Å². The molecule has 1 atom stereocenters. The van der Waals surface area contributed by atoms with Gasteiger partial charge in [-0.05, 0) is 29.3 Å². The van der Waals surface area contributed by atoms with Crippen LogP contribution >= 0.6 is 15.9 Å². The highest BCUT2D eigenvalue weighted by molar-refractivity contribution is 9.10. The molecule has 0 amide bonds. The maximum atomic E-state index is 11.9. The fourth-order valence-corrected chi connectivity index (χ4v) is 3.41. The van der Waals surface area contributed by atoms with Gasteiger partial charge in [-0.25, -0.2) is 14.6 Å². The summed E-state index contributed by atoms with van der Waals surface area (Å²) in [5.41, 5.74) is 0.263. The Morgan fingerprint density at radius 2 is 2.24 bits per heavy atom. The van der Waals surface area contributed by atoms with E-state index in [-0.39, 0.29) is 5.97 Å². The maximum absolute atomic E-state index is 11.9. The van der Waals surface area contributed by atoms with Crippen LogP contribution in [0.1, 0.15) is 13.3 Å². The SMILES string of the molecule is COC(=O)C1(C)CCN(c2ncnc3c2c(Br)nn3C)C1. The lowest BCUT2D eigenvalue weighted by atomic mass is 9.90. The number of hydrogen-bond acceptors (Lipinski definition) is 6. The number of aryl methyl sites for hydroxylation is 1. The number of halogens is 1. The Hall–Kier alpha value is -1.70. The number of fused-ring (bicyclic) bond motifs is 1. The first kappa shape index (κ1) is 14.2. The minimum Gasteiger partial charge on any atom is -0.469 e. The van der Waals surface area contributed by atoms with Gasteiger partial charge in [-0.3, -0.25) is 4.79 Å². The Morgan fingerprint density at radius 1 is 1.48 bits per heavy atom. The van der Waals surface area contributed by atoms with Crippen LogP contribution in [0.4, 0.5) is 5.82 Å². The zero-order valence-corrected chi connectivity index (χ0v) is 13.7. The molecule has 3 rings (SSSR count). The quantitative estimate of drug-likeness (QED) is 0.762. The van der Waals surface area contributed by atoms with Crippen LogP contribution in [0.5, 0.6) is 0 Å². The average molecular weight is 354 g/mol. The molecule has 3 heterocycles. The van der Waals surface area contributed by atoms with Crippen LogP contribution in [0.25, 0.3) is 11.0 Å². The summed E-state index contributed by atoms with van der Waals surface area (Å²) in [6.07, 6.45) is 2.27. The molecule has 7 nitrogen and oxygen atoms in total. The van der Waals surface area contributed by atoms with Crippen LogP contribution in [0.3, 0.4) is 0 Å². The summed E-state index contributed by atoms with van der Waals surface area (Å²) >= 11 is 3.46. The number of rotatable bonds is 2. The van der Waals surface area contributed by atoms with Gasteiger partial charge in [0.1, 0.15) is 16.7 Å². The number of carbonyl (C=O) groups excluding carboxylic acids is 1. The van der Waals surface area contributed by atoms with Crippen molar-refractivity contribution in [1.29, 1.82) is 0 Å². The second-order valence-electron chi connectivity index (χ2n) is 5.53. The summed E-state index contributed by atoms with van der Waals surface area (Å²) in [5.74, 6) is 0.619. The first-order valence-electron chi connectivity index (χ1n) is 6.63. The highest BCUT2D eigenvalue weighted by atomic mass is 79.9. The van der Waals surface area contributed by atoms with Crippen LogP contribution in [0, 0.1) is 5.41 Å². The first-order chi connectivity index (χ1) is 9.96. The number of aromatic nitrogens is 4. The Morgan fingerprint density at radius 3 is 2.95 bits per heavy atom. The van der Waals surface area contributed by atoms with Crippen molar-refractivity contribution in [2.24, 2.45) is 12.5 Å². The Bertz CT molecular complexity index is 716. The van der Waals surface area contributed by atoms with Gasteiger partial charge in [0, 0.05) is 20.1 Å². The Labute approximate surface area is 130 Å². The maximum Gasteiger partial charge on any atom is 0.313 e. The Kier molecular flexibility index (Phi) is 3.35.